The van der Waals surface area contributed by atoms with Crippen molar-refractivity contribution in [3.05, 3.63) is 0 Å². The molecule has 0 saturated carbocycles. The summed E-state index contributed by atoms with van der Waals surface area (Å²) in [6.07, 6.45) is -0.211. The number of nitrogens with one attached hydrogen (secondary N) is 2. The number of carboxylic acids is 1. The van der Waals surface area contributed by atoms with Crippen LogP contribution in [0.5, 0.6) is 0 Å². The number of hydrogen-bond acceptors (Lipinski definition) is 4. The summed E-state index contributed by atoms with van der Waals surface area (Å²) in [5.41, 5.74) is 5.40. The highest BCUT2D eigenvalue weighted by Crippen LogP contribution is 1.75. The zero-order valence-corrected chi connectivity index (χ0v) is 6.79. The molecule has 0 bridgehead atoms. The minimum atomic E-state index is -0.872. The lowest BCUT2D eigenvalue weighted by Gasteiger charge is -2.16. The van der Waals surface area contributed by atoms with Gasteiger partial charge in [0.05, 0.1) is 18.9 Å². The van der Waals surface area contributed by atoms with Gasteiger partial charge in [0.1, 0.15) is 0 Å². The van der Waals surface area contributed by atoms with Crippen LogP contribution in [0.2, 0.25) is 0 Å². The number of carboxylic acid groups (broad SMARTS) is 1. The molecule has 0 saturated heterocycles. The Bertz CT molecular complexity index is 127. The topological polar surface area (TPSA) is 87.4 Å². The summed E-state index contributed by atoms with van der Waals surface area (Å²) in [6, 6.07) is 0. The number of hydrogen-bond donors (Lipinski definition) is 4. The molecule has 5 N–H and O–H groups in total. The summed E-state index contributed by atoms with van der Waals surface area (Å²) < 4.78 is 0. The molecule has 11 heavy (non-hydrogen) atoms. The van der Waals surface area contributed by atoms with E-state index >= 15 is 0 Å². The quantitative estimate of drug-likeness (QED) is 0.384. The van der Waals surface area contributed by atoms with Crippen LogP contribution in [-0.4, -0.2) is 30.0 Å². The van der Waals surface area contributed by atoms with Gasteiger partial charge >= 0.3 is 5.97 Å². The number of rotatable bonds is 5. The Morgan fingerprint density at radius 1 is 1.64 bits per heavy atom. The third-order valence-corrected chi connectivity index (χ3v) is 1.07. The van der Waals surface area contributed by atoms with E-state index in [0.29, 0.717) is 0 Å². The first-order valence-corrected chi connectivity index (χ1v) is 3.49. The van der Waals surface area contributed by atoms with Crippen LogP contribution in [0.15, 0.2) is 0 Å². The molecule has 0 radical (unpaired) electrons. The third kappa shape index (κ3) is 7.24. The highest BCUT2D eigenvalue weighted by Gasteiger charge is 2.03. The van der Waals surface area contributed by atoms with Crippen molar-refractivity contribution in [3.63, 3.8) is 0 Å². The predicted molar refractivity (Wildman–Crippen MR) is 41.9 cm³/mol. The summed E-state index contributed by atoms with van der Waals surface area (Å²) in [5, 5.41) is 13.9. The molecular weight excluding hydrogens is 146 g/mol. The molecule has 66 valence electrons. The molecule has 5 heteroatoms. The Morgan fingerprint density at radius 3 is 2.55 bits per heavy atom. The van der Waals surface area contributed by atoms with Gasteiger partial charge in [0.15, 0.2) is 0 Å². The van der Waals surface area contributed by atoms with Crippen LogP contribution in [0.4, 0.5) is 0 Å². The maximum absolute atomic E-state index is 10.1. The van der Waals surface area contributed by atoms with E-state index in [0.717, 1.165) is 0 Å². The molecule has 0 aromatic rings. The van der Waals surface area contributed by atoms with E-state index in [-0.39, 0.29) is 18.9 Å². The van der Waals surface area contributed by atoms with Gasteiger partial charge in [-0.1, -0.05) is 0 Å². The van der Waals surface area contributed by atoms with E-state index in [4.69, 9.17) is 10.8 Å². The maximum atomic E-state index is 10.1. The Kier molecular flexibility index (Phi) is 4.76. The van der Waals surface area contributed by atoms with Crippen LogP contribution in [0.1, 0.15) is 13.8 Å². The molecule has 5 nitrogen and oxygen atoms in total. The van der Waals surface area contributed by atoms with Crippen molar-refractivity contribution in [2.24, 2.45) is 5.73 Å². The van der Waals surface area contributed by atoms with Gasteiger partial charge in [0.25, 0.3) is 0 Å². The highest BCUT2D eigenvalue weighted by molar-refractivity contribution is 5.69. The average Bonchev–Trinajstić information content (AvgIpc) is 1.82. The summed E-state index contributed by atoms with van der Waals surface area (Å²) in [5.74, 6) is -0.872. The summed E-state index contributed by atoms with van der Waals surface area (Å²) in [7, 11) is 0. The Morgan fingerprint density at radius 2 is 2.18 bits per heavy atom. The zero-order valence-electron chi connectivity index (χ0n) is 6.79. The van der Waals surface area contributed by atoms with Crippen molar-refractivity contribution in [3.8, 4) is 0 Å². The van der Waals surface area contributed by atoms with E-state index in [1.165, 1.54) is 0 Å². The van der Waals surface area contributed by atoms with E-state index in [2.05, 4.69) is 10.6 Å². The Balaban J connectivity index is 3.37. The van der Waals surface area contributed by atoms with Crippen LogP contribution >= 0.6 is 0 Å². The van der Waals surface area contributed by atoms with Gasteiger partial charge in [-0.25, -0.2) is 0 Å². The fraction of sp³-hybridized carbons (Fsp3) is 0.833. The molecule has 2 atom stereocenters. The summed E-state index contributed by atoms with van der Waals surface area (Å²) in [4.78, 5) is 10.1. The van der Waals surface area contributed by atoms with Crippen molar-refractivity contribution in [2.45, 2.75) is 26.2 Å². The monoisotopic (exact) mass is 161 g/mol. The van der Waals surface area contributed by atoms with Crippen LogP contribution < -0.4 is 16.4 Å². The molecule has 0 heterocycles. The molecule has 2 unspecified atom stereocenters. The molecule has 0 fully saturated rings. The van der Waals surface area contributed by atoms with Crippen molar-refractivity contribution in [1.82, 2.24) is 10.6 Å². The largest absolute Gasteiger partial charge is 0.480 e. The lowest BCUT2D eigenvalue weighted by molar-refractivity contribution is -0.136. The van der Waals surface area contributed by atoms with Crippen molar-refractivity contribution < 1.29 is 9.90 Å². The Labute approximate surface area is 66.0 Å². The molecule has 0 aliphatic heterocycles. The lowest BCUT2D eigenvalue weighted by Crippen LogP contribution is -2.49. The van der Waals surface area contributed by atoms with Crippen molar-refractivity contribution in [1.29, 1.82) is 0 Å². The summed E-state index contributed by atoms with van der Waals surface area (Å²) >= 11 is 0. The Hall–Kier alpha value is -0.650. The lowest BCUT2D eigenvalue weighted by atomic mass is 10.4. The molecule has 0 rings (SSSR count). The molecule has 0 aromatic carbocycles. The normalized spacial score (nSPS) is 15.9. The van der Waals surface area contributed by atoms with Crippen molar-refractivity contribution >= 4 is 5.97 Å². The average molecular weight is 161 g/mol. The van der Waals surface area contributed by atoms with E-state index in [9.17, 15) is 4.79 Å². The second-order valence-corrected chi connectivity index (χ2v) is 2.45. The SMILES string of the molecule is CC(N)NC(C)NCC(=O)O. The smallest absolute Gasteiger partial charge is 0.317 e. The van der Waals surface area contributed by atoms with Crippen LogP contribution in [0.3, 0.4) is 0 Å². The van der Waals surface area contributed by atoms with Gasteiger partial charge in [-0.05, 0) is 13.8 Å². The predicted octanol–water partition coefficient (Wildman–Crippen LogP) is -1.10. The first-order chi connectivity index (χ1) is 5.02. The number of nitrogens with two attached hydrogens (primary N) is 1. The second kappa shape index (κ2) is 5.06. The number of aliphatic carboxylic acids is 1. The first-order valence-electron chi connectivity index (χ1n) is 3.49. The van der Waals surface area contributed by atoms with Crippen LogP contribution in [0.25, 0.3) is 0 Å². The van der Waals surface area contributed by atoms with Crippen LogP contribution in [-0.2, 0) is 4.79 Å². The van der Waals surface area contributed by atoms with Crippen molar-refractivity contribution in [2.75, 3.05) is 6.54 Å². The standard InChI is InChI=1S/C6H15N3O2/c1-4(7)9-5(2)8-3-6(10)11/h4-5,8-9H,3,7H2,1-2H3,(H,10,11). The number of carbonyl (C=O) groups is 1. The molecule has 0 amide bonds. The molecule has 0 spiro atoms. The van der Waals surface area contributed by atoms with Gasteiger partial charge in [-0.3, -0.25) is 15.4 Å². The molecule has 0 aliphatic carbocycles. The van der Waals surface area contributed by atoms with Gasteiger partial charge < -0.3 is 10.8 Å². The fourth-order valence-corrected chi connectivity index (χ4v) is 0.694. The minimum Gasteiger partial charge on any atom is -0.480 e. The van der Waals surface area contributed by atoms with Gasteiger partial charge in [-0.15, -0.1) is 0 Å². The molecular formula is C6H15N3O2. The third-order valence-electron chi connectivity index (χ3n) is 1.07. The van der Waals surface area contributed by atoms with Crippen LogP contribution in [0, 0.1) is 0 Å². The zero-order chi connectivity index (χ0) is 8.85. The summed E-state index contributed by atoms with van der Waals surface area (Å²) in [6.45, 7) is 3.55. The second-order valence-electron chi connectivity index (χ2n) is 2.45. The van der Waals surface area contributed by atoms with E-state index < -0.39 is 5.97 Å². The molecule has 0 aromatic heterocycles. The maximum Gasteiger partial charge on any atom is 0.317 e. The first kappa shape index (κ1) is 10.3. The minimum absolute atomic E-state index is 0.0547. The highest BCUT2D eigenvalue weighted by atomic mass is 16.4. The van der Waals surface area contributed by atoms with Gasteiger partial charge in [0.2, 0.25) is 0 Å². The fourth-order valence-electron chi connectivity index (χ4n) is 0.694. The van der Waals surface area contributed by atoms with E-state index in [1.807, 2.05) is 6.92 Å². The van der Waals surface area contributed by atoms with Gasteiger partial charge in [0, 0.05) is 0 Å². The molecule has 0 aliphatic rings. The van der Waals surface area contributed by atoms with E-state index in [1.54, 1.807) is 6.92 Å². The van der Waals surface area contributed by atoms with Gasteiger partial charge in [-0.2, -0.15) is 0 Å².